The Morgan fingerprint density at radius 3 is 1.87 bits per heavy atom. The summed E-state index contributed by atoms with van der Waals surface area (Å²) in [5.74, 6) is 0. The lowest BCUT2D eigenvalue weighted by molar-refractivity contribution is -0.140. The van der Waals surface area contributed by atoms with Crippen LogP contribution in [0.2, 0.25) is 0 Å². The number of aromatic nitrogens is 2. The molecule has 1 N–H and O–H groups in total. The van der Waals surface area contributed by atoms with Crippen LogP contribution in [0.4, 0.5) is 30.7 Å². The summed E-state index contributed by atoms with van der Waals surface area (Å²) in [5, 5.41) is 0. The SMILES string of the molecule is C[C@]1(CF)C(n2ccc(=O)[nH]c2=O)OC(COS(=O)(=O)c2ccccc2C(F)(F)F)[C@H]1OS(=O)(=O)c1ccccc1C(F)(F)F. The molecule has 20 heteroatoms. The van der Waals surface area contributed by atoms with Gasteiger partial charge in [0.2, 0.25) is 0 Å². The molecule has 2 unspecified atom stereocenters. The zero-order chi connectivity index (χ0) is 33.6. The number of nitrogens with one attached hydrogen (secondary N) is 1. The summed E-state index contributed by atoms with van der Waals surface area (Å²) in [4.78, 5) is 23.2. The number of alkyl halides is 7. The molecule has 11 nitrogen and oxygen atoms in total. The van der Waals surface area contributed by atoms with Gasteiger partial charge in [0.05, 0.1) is 23.1 Å². The van der Waals surface area contributed by atoms with Gasteiger partial charge in [0.25, 0.3) is 25.8 Å². The topological polar surface area (TPSA) is 151 Å². The monoisotopic (exact) mass is 690 g/mol. The summed E-state index contributed by atoms with van der Waals surface area (Å²) in [6.07, 6.45) is -15.8. The van der Waals surface area contributed by atoms with Crippen molar-refractivity contribution >= 4 is 20.2 Å². The first-order valence-electron chi connectivity index (χ1n) is 12.4. The third-order valence-electron chi connectivity index (χ3n) is 6.79. The van der Waals surface area contributed by atoms with E-state index in [2.05, 4.69) is 0 Å². The maximum atomic E-state index is 14.8. The molecule has 246 valence electrons. The van der Waals surface area contributed by atoms with E-state index < -0.39 is 102 Å². The van der Waals surface area contributed by atoms with Gasteiger partial charge in [-0.05, 0) is 24.3 Å². The minimum atomic E-state index is -5.49. The Kier molecular flexibility index (Phi) is 9.12. The number of rotatable bonds is 9. The standard InChI is InChI=1S/C25H21F7N2O9S2/c1-23(13-26)20(43-45(39,40)18-9-5-3-7-15(18)25(30,31)32)16(42-21(23)34-11-10-19(35)33-22(34)36)12-41-44(37,38)17-8-4-2-6-14(17)24(27,28)29/h2-11,16,20-21H,12-13H2,1H3,(H,33,35,36)/t16?,20-,21?,23-/m1/s1. The van der Waals surface area contributed by atoms with E-state index in [0.29, 0.717) is 28.8 Å². The van der Waals surface area contributed by atoms with Crippen molar-refractivity contribution in [1.82, 2.24) is 9.55 Å². The summed E-state index contributed by atoms with van der Waals surface area (Å²) in [7, 11) is -10.8. The molecule has 1 aliphatic heterocycles. The molecule has 45 heavy (non-hydrogen) atoms. The number of hydrogen-bond donors (Lipinski definition) is 1. The molecule has 1 aliphatic rings. The molecule has 0 radical (unpaired) electrons. The van der Waals surface area contributed by atoms with E-state index in [0.717, 1.165) is 43.5 Å². The third kappa shape index (κ3) is 6.83. The van der Waals surface area contributed by atoms with Gasteiger partial charge < -0.3 is 4.74 Å². The van der Waals surface area contributed by atoms with Crippen molar-refractivity contribution < 1.29 is 60.7 Å². The van der Waals surface area contributed by atoms with E-state index in [9.17, 15) is 57.2 Å². The Hall–Kier alpha value is -3.59. The Balaban J connectivity index is 1.80. The van der Waals surface area contributed by atoms with Crippen LogP contribution in [0.25, 0.3) is 0 Å². The Morgan fingerprint density at radius 2 is 1.38 bits per heavy atom. The van der Waals surface area contributed by atoms with Crippen molar-refractivity contribution in [2.45, 2.75) is 47.5 Å². The van der Waals surface area contributed by atoms with Crippen LogP contribution in [0.5, 0.6) is 0 Å². The molecule has 0 amide bonds. The molecule has 2 heterocycles. The first-order valence-corrected chi connectivity index (χ1v) is 15.2. The molecular weight excluding hydrogens is 669 g/mol. The van der Waals surface area contributed by atoms with Crippen LogP contribution in [0, 0.1) is 5.41 Å². The summed E-state index contributed by atoms with van der Waals surface area (Å²) in [6, 6.07) is 6.41. The molecule has 1 saturated heterocycles. The lowest BCUT2D eigenvalue weighted by Crippen LogP contribution is -2.45. The van der Waals surface area contributed by atoms with Crippen LogP contribution in [0.15, 0.2) is 80.2 Å². The van der Waals surface area contributed by atoms with Gasteiger partial charge in [0, 0.05) is 12.3 Å². The van der Waals surface area contributed by atoms with Crippen LogP contribution in [0.3, 0.4) is 0 Å². The van der Waals surface area contributed by atoms with Gasteiger partial charge in [0.1, 0.15) is 34.9 Å². The Labute approximate surface area is 249 Å². The molecule has 0 spiro atoms. The molecule has 4 rings (SSSR count). The van der Waals surface area contributed by atoms with Crippen LogP contribution < -0.4 is 11.2 Å². The number of benzene rings is 2. The van der Waals surface area contributed by atoms with E-state index in [1.165, 1.54) is 0 Å². The van der Waals surface area contributed by atoms with E-state index in [-0.39, 0.29) is 0 Å². The van der Waals surface area contributed by atoms with Crippen LogP contribution >= 0.6 is 0 Å². The number of halogens is 7. The average Bonchev–Trinajstić information content (AvgIpc) is 3.22. The number of hydrogen-bond acceptors (Lipinski definition) is 9. The van der Waals surface area contributed by atoms with Crippen LogP contribution in [-0.4, -0.2) is 51.9 Å². The maximum Gasteiger partial charge on any atom is 0.417 e. The van der Waals surface area contributed by atoms with Crippen molar-refractivity contribution in [3.63, 3.8) is 0 Å². The van der Waals surface area contributed by atoms with Crippen LogP contribution in [0.1, 0.15) is 24.3 Å². The largest absolute Gasteiger partial charge is 0.417 e. The van der Waals surface area contributed by atoms with Crippen molar-refractivity contribution in [2.75, 3.05) is 13.3 Å². The Bertz CT molecular complexity index is 1910. The zero-order valence-corrected chi connectivity index (χ0v) is 24.1. The van der Waals surface area contributed by atoms with Crippen LogP contribution in [-0.2, 0) is 45.7 Å². The first-order chi connectivity index (χ1) is 20.7. The van der Waals surface area contributed by atoms with E-state index in [4.69, 9.17) is 13.1 Å². The zero-order valence-electron chi connectivity index (χ0n) is 22.5. The fourth-order valence-corrected chi connectivity index (χ4v) is 7.20. The molecule has 0 bridgehead atoms. The molecule has 3 aromatic rings. The highest BCUT2D eigenvalue weighted by atomic mass is 32.2. The molecule has 2 aromatic carbocycles. The minimum absolute atomic E-state index is 0.420. The van der Waals surface area contributed by atoms with Crippen molar-refractivity contribution in [2.24, 2.45) is 5.41 Å². The number of aromatic amines is 1. The lowest BCUT2D eigenvalue weighted by atomic mass is 9.83. The fraction of sp³-hybridized carbons (Fsp3) is 0.360. The van der Waals surface area contributed by atoms with Gasteiger partial charge >= 0.3 is 18.0 Å². The average molecular weight is 691 g/mol. The molecule has 1 aromatic heterocycles. The highest BCUT2D eigenvalue weighted by Gasteiger charge is 2.58. The highest BCUT2D eigenvalue weighted by molar-refractivity contribution is 7.87. The minimum Gasteiger partial charge on any atom is -0.349 e. The van der Waals surface area contributed by atoms with Gasteiger partial charge in [-0.1, -0.05) is 31.2 Å². The summed E-state index contributed by atoms with van der Waals surface area (Å²) in [5.41, 5.74) is -7.75. The fourth-order valence-electron chi connectivity index (χ4n) is 4.64. The highest BCUT2D eigenvalue weighted by Crippen LogP contribution is 2.48. The van der Waals surface area contributed by atoms with Gasteiger partial charge in [-0.2, -0.15) is 43.2 Å². The van der Waals surface area contributed by atoms with Crippen molar-refractivity contribution in [1.29, 1.82) is 0 Å². The van der Waals surface area contributed by atoms with Gasteiger partial charge in [0.15, 0.2) is 0 Å². The summed E-state index contributed by atoms with van der Waals surface area (Å²) < 4.78 is 164. The van der Waals surface area contributed by atoms with E-state index >= 15 is 0 Å². The van der Waals surface area contributed by atoms with E-state index in [1.807, 2.05) is 4.98 Å². The summed E-state index contributed by atoms with van der Waals surface area (Å²) >= 11 is 0. The van der Waals surface area contributed by atoms with Gasteiger partial charge in [-0.25, -0.2) is 4.79 Å². The number of nitrogens with zero attached hydrogens (tertiary/aromatic N) is 1. The van der Waals surface area contributed by atoms with Crippen molar-refractivity contribution in [3.05, 3.63) is 92.8 Å². The molecule has 4 atom stereocenters. The predicted molar refractivity (Wildman–Crippen MR) is 137 cm³/mol. The second kappa shape index (κ2) is 12.0. The normalized spacial score (nSPS) is 22.9. The first kappa shape index (κ1) is 34.3. The Morgan fingerprint density at radius 1 is 0.867 bits per heavy atom. The lowest BCUT2D eigenvalue weighted by Gasteiger charge is -2.32. The molecule has 1 fully saturated rings. The molecule has 0 aliphatic carbocycles. The second-order valence-corrected chi connectivity index (χ2v) is 13.0. The van der Waals surface area contributed by atoms with Crippen molar-refractivity contribution in [3.8, 4) is 0 Å². The van der Waals surface area contributed by atoms with E-state index in [1.54, 1.807) is 0 Å². The molecular formula is C25H21F7N2O9S2. The van der Waals surface area contributed by atoms with Gasteiger partial charge in [-0.15, -0.1) is 0 Å². The second-order valence-electron chi connectivity index (χ2n) is 9.88. The molecule has 0 saturated carbocycles. The quantitative estimate of drug-likeness (QED) is 0.262. The number of ether oxygens (including phenoxy) is 1. The maximum absolute atomic E-state index is 14.8. The van der Waals surface area contributed by atoms with Gasteiger partial charge in [-0.3, -0.25) is 27.1 Å². The third-order valence-corrected chi connectivity index (χ3v) is 9.49. The smallest absolute Gasteiger partial charge is 0.349 e. The summed E-state index contributed by atoms with van der Waals surface area (Å²) in [6.45, 7) is -2.04. The number of H-pyrrole nitrogens is 1. The predicted octanol–water partition coefficient (Wildman–Crippen LogP) is 3.63.